The summed E-state index contributed by atoms with van der Waals surface area (Å²) in [6.07, 6.45) is 3.57. The van der Waals surface area contributed by atoms with Gasteiger partial charge in [-0.1, -0.05) is 18.2 Å². The van der Waals surface area contributed by atoms with Crippen molar-refractivity contribution >= 4 is 17.7 Å². The van der Waals surface area contributed by atoms with Gasteiger partial charge in [0.2, 0.25) is 5.91 Å². The second-order valence-corrected chi connectivity index (χ2v) is 5.70. The van der Waals surface area contributed by atoms with Gasteiger partial charge in [0, 0.05) is 24.8 Å². The molecule has 1 N–H and O–H groups in total. The van der Waals surface area contributed by atoms with Crippen LogP contribution in [0.25, 0.3) is 6.08 Å². The fourth-order valence-corrected chi connectivity index (χ4v) is 2.55. The fourth-order valence-electron chi connectivity index (χ4n) is 2.55. The molecule has 26 heavy (non-hydrogen) atoms. The third-order valence-corrected chi connectivity index (χ3v) is 3.83. The van der Waals surface area contributed by atoms with Crippen LogP contribution in [-0.4, -0.2) is 30.6 Å². The van der Waals surface area contributed by atoms with E-state index in [1.807, 2.05) is 18.2 Å². The Bertz CT molecular complexity index is 848. The number of amides is 1. The third-order valence-electron chi connectivity index (χ3n) is 3.83. The smallest absolute Gasteiger partial charge is 0.270 e. The minimum atomic E-state index is -0.468. The lowest BCUT2D eigenvalue weighted by molar-refractivity contribution is -0.384. The molecule has 134 valence electrons. The molecule has 1 aliphatic rings. The molecule has 2 aromatic carbocycles. The molecule has 0 aromatic heterocycles. The van der Waals surface area contributed by atoms with E-state index in [4.69, 9.17) is 9.47 Å². The van der Waals surface area contributed by atoms with Crippen molar-refractivity contribution in [2.24, 2.45) is 0 Å². The lowest BCUT2D eigenvalue weighted by Gasteiger charge is -2.18. The minimum Gasteiger partial charge on any atom is -0.486 e. The zero-order valence-electron chi connectivity index (χ0n) is 14.0. The number of nitrogens with zero attached hydrogens (tertiary/aromatic N) is 1. The second-order valence-electron chi connectivity index (χ2n) is 5.70. The van der Waals surface area contributed by atoms with Gasteiger partial charge in [-0.2, -0.15) is 0 Å². The van der Waals surface area contributed by atoms with Crippen LogP contribution in [0.4, 0.5) is 5.69 Å². The highest BCUT2D eigenvalue weighted by Gasteiger charge is 2.11. The van der Waals surface area contributed by atoms with Gasteiger partial charge < -0.3 is 14.8 Å². The maximum absolute atomic E-state index is 11.9. The number of benzene rings is 2. The van der Waals surface area contributed by atoms with Crippen molar-refractivity contribution < 1.29 is 19.2 Å². The highest BCUT2D eigenvalue weighted by Crippen LogP contribution is 2.30. The Labute approximate surface area is 150 Å². The number of nitro benzene ring substituents is 1. The lowest BCUT2D eigenvalue weighted by atomic mass is 10.1. The summed E-state index contributed by atoms with van der Waals surface area (Å²) >= 11 is 0. The maximum Gasteiger partial charge on any atom is 0.270 e. The molecule has 2 aromatic rings. The van der Waals surface area contributed by atoms with Gasteiger partial charge in [-0.25, -0.2) is 0 Å². The highest BCUT2D eigenvalue weighted by molar-refractivity contribution is 5.91. The Morgan fingerprint density at radius 2 is 1.96 bits per heavy atom. The number of ether oxygens (including phenoxy) is 2. The summed E-state index contributed by atoms with van der Waals surface area (Å²) in [4.78, 5) is 22.2. The molecule has 7 nitrogen and oxygen atoms in total. The Balaban J connectivity index is 1.50. The molecule has 0 bridgehead atoms. The van der Waals surface area contributed by atoms with Crippen molar-refractivity contribution in [3.8, 4) is 11.5 Å². The summed E-state index contributed by atoms with van der Waals surface area (Å²) in [5.74, 6) is 1.21. The van der Waals surface area contributed by atoms with Gasteiger partial charge >= 0.3 is 0 Å². The van der Waals surface area contributed by atoms with E-state index in [1.54, 1.807) is 18.2 Å². The first-order valence-corrected chi connectivity index (χ1v) is 8.21. The summed E-state index contributed by atoms with van der Waals surface area (Å²) in [6.45, 7) is 1.56. The van der Waals surface area contributed by atoms with Crippen molar-refractivity contribution in [1.82, 2.24) is 5.32 Å². The number of hydrogen-bond acceptors (Lipinski definition) is 5. The van der Waals surface area contributed by atoms with E-state index in [1.165, 1.54) is 18.2 Å². The van der Waals surface area contributed by atoms with Crippen LogP contribution in [0.3, 0.4) is 0 Å². The van der Waals surface area contributed by atoms with Crippen LogP contribution < -0.4 is 14.8 Å². The fraction of sp³-hybridized carbons (Fsp3) is 0.211. The van der Waals surface area contributed by atoms with Crippen molar-refractivity contribution in [3.05, 3.63) is 69.8 Å². The molecule has 0 fully saturated rings. The number of nitro groups is 1. The van der Waals surface area contributed by atoms with Gasteiger partial charge in [0.05, 0.1) is 4.92 Å². The maximum atomic E-state index is 11.9. The predicted molar refractivity (Wildman–Crippen MR) is 96.3 cm³/mol. The van der Waals surface area contributed by atoms with Crippen LogP contribution in [0, 0.1) is 10.1 Å². The van der Waals surface area contributed by atoms with Gasteiger partial charge in [0.1, 0.15) is 13.2 Å². The summed E-state index contributed by atoms with van der Waals surface area (Å²) in [7, 11) is 0. The standard InChI is InChI=1S/C19H18N2O5/c22-19(7-5-14-2-1-3-16(12-14)21(23)24)20-9-8-15-4-6-17-18(13-15)26-11-10-25-17/h1-7,12-13H,8-11H2,(H,20,22)/b7-5+. The number of hydrogen-bond donors (Lipinski definition) is 1. The number of carbonyl (C=O) groups excluding carboxylic acids is 1. The molecule has 0 unspecified atom stereocenters. The van der Waals surface area contributed by atoms with Crippen LogP contribution in [0.1, 0.15) is 11.1 Å². The Morgan fingerprint density at radius 1 is 1.15 bits per heavy atom. The molecule has 3 rings (SSSR count). The van der Waals surface area contributed by atoms with Crippen molar-refractivity contribution in [1.29, 1.82) is 0 Å². The van der Waals surface area contributed by atoms with Gasteiger partial charge in [0.25, 0.3) is 5.69 Å². The summed E-state index contributed by atoms with van der Waals surface area (Å²) in [5, 5.41) is 13.5. The molecule has 1 heterocycles. The van der Waals surface area contributed by atoms with E-state index in [-0.39, 0.29) is 11.6 Å². The van der Waals surface area contributed by atoms with E-state index in [0.717, 1.165) is 17.1 Å². The number of carbonyl (C=O) groups is 1. The molecule has 1 amide bonds. The number of fused-ring (bicyclic) bond motifs is 1. The van der Waals surface area contributed by atoms with Crippen molar-refractivity contribution in [2.45, 2.75) is 6.42 Å². The second kappa shape index (κ2) is 8.15. The molecule has 7 heteroatoms. The van der Waals surface area contributed by atoms with Gasteiger partial charge in [0.15, 0.2) is 11.5 Å². The largest absolute Gasteiger partial charge is 0.486 e. The molecule has 0 saturated carbocycles. The summed E-state index contributed by atoms with van der Waals surface area (Å²) < 4.78 is 11.0. The first-order chi connectivity index (χ1) is 12.6. The number of rotatable bonds is 6. The van der Waals surface area contributed by atoms with E-state index in [0.29, 0.717) is 31.7 Å². The zero-order chi connectivity index (χ0) is 18.4. The molecule has 0 aliphatic carbocycles. The minimum absolute atomic E-state index is 0.00818. The summed E-state index contributed by atoms with van der Waals surface area (Å²) in [6, 6.07) is 11.8. The van der Waals surface area contributed by atoms with Crippen LogP contribution in [0.2, 0.25) is 0 Å². The van der Waals surface area contributed by atoms with Crippen LogP contribution in [0.15, 0.2) is 48.5 Å². The predicted octanol–water partition coefficient (Wildman–Crippen LogP) is 2.74. The first kappa shape index (κ1) is 17.5. The zero-order valence-corrected chi connectivity index (χ0v) is 14.0. The Morgan fingerprint density at radius 3 is 2.77 bits per heavy atom. The average Bonchev–Trinajstić information content (AvgIpc) is 2.66. The Kier molecular flexibility index (Phi) is 5.48. The lowest BCUT2D eigenvalue weighted by Crippen LogP contribution is -2.23. The van der Waals surface area contributed by atoms with Crippen LogP contribution in [-0.2, 0) is 11.2 Å². The topological polar surface area (TPSA) is 90.7 Å². The van der Waals surface area contributed by atoms with Gasteiger partial charge in [-0.3, -0.25) is 14.9 Å². The van der Waals surface area contributed by atoms with Crippen LogP contribution in [0.5, 0.6) is 11.5 Å². The molecule has 0 radical (unpaired) electrons. The van der Waals surface area contributed by atoms with Gasteiger partial charge in [-0.15, -0.1) is 0 Å². The van der Waals surface area contributed by atoms with Crippen LogP contribution >= 0.6 is 0 Å². The van der Waals surface area contributed by atoms with Gasteiger partial charge in [-0.05, 0) is 35.8 Å². The number of non-ortho nitro benzene ring substituents is 1. The van der Waals surface area contributed by atoms with Crippen molar-refractivity contribution in [2.75, 3.05) is 19.8 Å². The molecule has 0 atom stereocenters. The normalized spacial score (nSPS) is 12.8. The third kappa shape index (κ3) is 4.60. The molecular formula is C19H18N2O5. The summed E-state index contributed by atoms with van der Waals surface area (Å²) in [5.41, 5.74) is 1.63. The highest BCUT2D eigenvalue weighted by atomic mass is 16.6. The van der Waals surface area contributed by atoms with E-state index >= 15 is 0 Å². The first-order valence-electron chi connectivity index (χ1n) is 8.21. The SMILES string of the molecule is O=C(/C=C/c1cccc([N+](=O)[O-])c1)NCCc1ccc2c(c1)OCCO2. The molecule has 1 aliphatic heterocycles. The molecule has 0 saturated heterocycles. The molecular weight excluding hydrogens is 336 g/mol. The number of nitrogens with one attached hydrogen (secondary N) is 1. The molecule has 0 spiro atoms. The quantitative estimate of drug-likeness (QED) is 0.489. The average molecular weight is 354 g/mol. The van der Waals surface area contributed by atoms with E-state index < -0.39 is 4.92 Å². The Hall–Kier alpha value is -3.35. The van der Waals surface area contributed by atoms with Crippen molar-refractivity contribution in [3.63, 3.8) is 0 Å². The van der Waals surface area contributed by atoms with E-state index in [2.05, 4.69) is 5.32 Å². The van der Waals surface area contributed by atoms with E-state index in [9.17, 15) is 14.9 Å². The monoisotopic (exact) mass is 354 g/mol.